The van der Waals surface area contributed by atoms with Gasteiger partial charge in [-0.25, -0.2) is 4.79 Å². The number of carbonyl (C=O) groups is 2. The third-order valence-corrected chi connectivity index (χ3v) is 9.44. The standard InChI is InChI=1S/C37H34BNO5/c1-36(2)37(3,4)44-38(43-36)24(19-23-17-18-30-27-13-9-10-16-31(27)34(40)32(30)20-23)21-39-35(41)42-22-33-28-14-7-5-11-25(28)26-12-6-8-15-29(26)33/h5-20,33H,21-22H2,1-4H3,(H,39,41). The maximum atomic E-state index is 13.2. The Morgan fingerprint density at radius 3 is 1.95 bits per heavy atom. The van der Waals surface area contributed by atoms with E-state index in [4.69, 9.17) is 14.0 Å². The van der Waals surface area contributed by atoms with Crippen LogP contribution in [0.4, 0.5) is 4.79 Å². The van der Waals surface area contributed by atoms with Gasteiger partial charge in [-0.15, -0.1) is 0 Å². The molecular formula is C37H34BNO5. The van der Waals surface area contributed by atoms with E-state index >= 15 is 0 Å². The molecule has 3 aliphatic rings. The summed E-state index contributed by atoms with van der Waals surface area (Å²) in [7, 11) is -0.685. The van der Waals surface area contributed by atoms with Gasteiger partial charge in [0.15, 0.2) is 5.78 Å². The number of amides is 1. The van der Waals surface area contributed by atoms with Crippen molar-refractivity contribution in [1.82, 2.24) is 5.32 Å². The molecule has 0 aromatic heterocycles. The summed E-state index contributed by atoms with van der Waals surface area (Å²) in [6.45, 7) is 8.36. The highest BCUT2D eigenvalue weighted by Crippen LogP contribution is 2.45. The van der Waals surface area contributed by atoms with Crippen molar-refractivity contribution in [3.05, 3.63) is 124 Å². The highest BCUT2D eigenvalue weighted by atomic mass is 16.7. The summed E-state index contributed by atoms with van der Waals surface area (Å²) in [5.74, 6) is -0.0147. The topological polar surface area (TPSA) is 73.9 Å². The van der Waals surface area contributed by atoms with Crippen LogP contribution in [0.5, 0.6) is 0 Å². The SMILES string of the molecule is CC1(C)OB(C(=Cc2ccc3c(c2)C(=O)c2ccccc2-3)CNC(=O)OCC2c3ccccc3-c3ccccc32)OC1(C)C. The van der Waals surface area contributed by atoms with Crippen LogP contribution >= 0.6 is 0 Å². The zero-order chi connectivity index (χ0) is 30.6. The van der Waals surface area contributed by atoms with Gasteiger partial charge in [0.2, 0.25) is 0 Å². The number of hydrogen-bond donors (Lipinski definition) is 1. The van der Waals surface area contributed by atoms with Crippen molar-refractivity contribution in [1.29, 1.82) is 0 Å². The minimum atomic E-state index is -0.685. The maximum absolute atomic E-state index is 13.2. The predicted octanol–water partition coefficient (Wildman–Crippen LogP) is 7.45. The van der Waals surface area contributed by atoms with Gasteiger partial charge in [0.1, 0.15) is 6.61 Å². The van der Waals surface area contributed by atoms with Gasteiger partial charge in [0.25, 0.3) is 0 Å². The highest BCUT2D eigenvalue weighted by Gasteiger charge is 2.52. The lowest BCUT2D eigenvalue weighted by Gasteiger charge is -2.32. The molecule has 1 heterocycles. The Hall–Kier alpha value is -4.46. The van der Waals surface area contributed by atoms with Crippen LogP contribution in [0.25, 0.3) is 28.3 Å². The monoisotopic (exact) mass is 583 g/mol. The molecule has 6 nitrogen and oxygen atoms in total. The molecule has 7 heteroatoms. The number of alkyl carbamates (subject to hydrolysis) is 1. The molecule has 220 valence electrons. The summed E-state index contributed by atoms with van der Waals surface area (Å²) in [6, 6.07) is 30.0. The van der Waals surface area contributed by atoms with Gasteiger partial charge in [0.05, 0.1) is 11.2 Å². The molecule has 1 saturated heterocycles. The fourth-order valence-corrected chi connectivity index (χ4v) is 6.37. The Morgan fingerprint density at radius 2 is 1.32 bits per heavy atom. The molecule has 1 aliphatic heterocycles. The van der Waals surface area contributed by atoms with Gasteiger partial charge < -0.3 is 19.4 Å². The summed E-state index contributed by atoms with van der Waals surface area (Å²) in [5, 5.41) is 2.93. The van der Waals surface area contributed by atoms with E-state index in [2.05, 4.69) is 29.6 Å². The van der Waals surface area contributed by atoms with E-state index in [9.17, 15) is 9.59 Å². The number of fused-ring (bicyclic) bond motifs is 6. The minimum Gasteiger partial charge on any atom is -0.449 e. The van der Waals surface area contributed by atoms with Crippen molar-refractivity contribution in [3.8, 4) is 22.3 Å². The lowest BCUT2D eigenvalue weighted by molar-refractivity contribution is 0.00578. The van der Waals surface area contributed by atoms with E-state index in [1.54, 1.807) is 0 Å². The minimum absolute atomic E-state index is 0.0137. The van der Waals surface area contributed by atoms with Crippen molar-refractivity contribution >= 4 is 25.1 Å². The predicted molar refractivity (Wildman–Crippen MR) is 172 cm³/mol. The average molecular weight is 583 g/mol. The second-order valence-electron chi connectivity index (χ2n) is 12.7. The van der Waals surface area contributed by atoms with E-state index in [1.165, 1.54) is 11.1 Å². The largest absolute Gasteiger partial charge is 0.492 e. The highest BCUT2D eigenvalue weighted by molar-refractivity contribution is 6.56. The zero-order valence-corrected chi connectivity index (χ0v) is 25.3. The van der Waals surface area contributed by atoms with Gasteiger partial charge in [-0.1, -0.05) is 91.0 Å². The summed E-state index contributed by atoms with van der Waals surface area (Å²) < 4.78 is 18.5. The third kappa shape index (κ3) is 4.77. The molecule has 2 aliphatic carbocycles. The smallest absolute Gasteiger partial charge is 0.449 e. The third-order valence-electron chi connectivity index (χ3n) is 9.44. The zero-order valence-electron chi connectivity index (χ0n) is 25.3. The summed E-state index contributed by atoms with van der Waals surface area (Å²) in [4.78, 5) is 26.2. The van der Waals surface area contributed by atoms with Crippen LogP contribution in [0.1, 0.15) is 66.2 Å². The summed E-state index contributed by atoms with van der Waals surface area (Å²) >= 11 is 0. The number of rotatable bonds is 6. The van der Waals surface area contributed by atoms with Crippen molar-refractivity contribution in [3.63, 3.8) is 0 Å². The molecule has 0 atom stereocenters. The second-order valence-corrected chi connectivity index (χ2v) is 12.7. The first-order valence-electron chi connectivity index (χ1n) is 15.1. The Kier molecular flexibility index (Phi) is 6.83. The van der Waals surface area contributed by atoms with E-state index in [-0.39, 0.29) is 24.9 Å². The van der Waals surface area contributed by atoms with E-state index < -0.39 is 24.4 Å². The first-order chi connectivity index (χ1) is 21.1. The van der Waals surface area contributed by atoms with Gasteiger partial charge in [-0.2, -0.15) is 0 Å². The maximum Gasteiger partial charge on any atom is 0.492 e. The number of hydrogen-bond acceptors (Lipinski definition) is 5. The first-order valence-corrected chi connectivity index (χ1v) is 15.1. The molecule has 7 rings (SSSR count). The molecule has 0 saturated carbocycles. The van der Waals surface area contributed by atoms with Gasteiger partial charge in [-0.3, -0.25) is 4.79 Å². The molecule has 1 amide bonds. The molecule has 4 aromatic rings. The molecular weight excluding hydrogens is 549 g/mol. The molecule has 1 N–H and O–H groups in total. The fraction of sp³-hybridized carbons (Fsp3) is 0.243. The molecule has 0 bridgehead atoms. The van der Waals surface area contributed by atoms with Gasteiger partial charge >= 0.3 is 13.2 Å². The van der Waals surface area contributed by atoms with Gasteiger partial charge in [0, 0.05) is 23.6 Å². The fourth-order valence-electron chi connectivity index (χ4n) is 6.37. The first kappa shape index (κ1) is 28.3. The number of carbonyl (C=O) groups excluding carboxylic acids is 2. The van der Waals surface area contributed by atoms with Gasteiger partial charge in [-0.05, 0) is 78.2 Å². The van der Waals surface area contributed by atoms with Crippen molar-refractivity contribution in [2.45, 2.75) is 44.8 Å². The van der Waals surface area contributed by atoms with Crippen LogP contribution < -0.4 is 5.32 Å². The van der Waals surface area contributed by atoms with Crippen LogP contribution in [0.15, 0.2) is 96.5 Å². The Bertz CT molecular complexity index is 1780. The van der Waals surface area contributed by atoms with Crippen LogP contribution in [0.2, 0.25) is 0 Å². The normalized spacial score (nSPS) is 17.6. The average Bonchev–Trinajstić information content (AvgIpc) is 3.57. The van der Waals surface area contributed by atoms with Crippen LogP contribution in [0.3, 0.4) is 0 Å². The Balaban J connectivity index is 1.11. The number of ether oxygens (including phenoxy) is 1. The lowest BCUT2D eigenvalue weighted by atomic mass is 9.77. The van der Waals surface area contributed by atoms with Crippen molar-refractivity contribution in [2.24, 2.45) is 0 Å². The van der Waals surface area contributed by atoms with Crippen LogP contribution in [-0.2, 0) is 14.0 Å². The molecule has 0 unspecified atom stereocenters. The lowest BCUT2D eigenvalue weighted by Crippen LogP contribution is -2.41. The number of ketones is 1. The number of benzene rings is 4. The quantitative estimate of drug-likeness (QED) is 0.210. The Morgan fingerprint density at radius 1 is 0.773 bits per heavy atom. The summed E-state index contributed by atoms with van der Waals surface area (Å²) in [5.41, 5.74) is 8.36. The molecule has 4 aromatic carbocycles. The Labute approximate surface area is 258 Å². The van der Waals surface area contributed by atoms with E-state index in [1.807, 2.05) is 101 Å². The van der Waals surface area contributed by atoms with E-state index in [0.29, 0.717) is 11.1 Å². The van der Waals surface area contributed by atoms with Crippen molar-refractivity contribution < 1.29 is 23.6 Å². The molecule has 44 heavy (non-hydrogen) atoms. The molecule has 0 spiro atoms. The van der Waals surface area contributed by atoms with Crippen LogP contribution in [0, 0.1) is 0 Å². The van der Waals surface area contributed by atoms with Crippen molar-refractivity contribution in [2.75, 3.05) is 13.2 Å². The van der Waals surface area contributed by atoms with Crippen LogP contribution in [-0.4, -0.2) is 43.3 Å². The molecule has 0 radical (unpaired) electrons. The second kappa shape index (κ2) is 10.6. The molecule has 1 fully saturated rings. The van der Waals surface area contributed by atoms with E-state index in [0.717, 1.165) is 33.3 Å². The summed E-state index contributed by atoms with van der Waals surface area (Å²) in [6.07, 6.45) is 1.41. The number of nitrogens with one attached hydrogen (secondary N) is 1.